The Morgan fingerprint density at radius 3 is 2.68 bits per heavy atom. The lowest BCUT2D eigenvalue weighted by Crippen LogP contribution is -2.36. The van der Waals surface area contributed by atoms with E-state index in [-0.39, 0.29) is 12.1 Å². The summed E-state index contributed by atoms with van der Waals surface area (Å²) in [7, 11) is 0. The monoisotopic (exact) mass is 384 g/mol. The Labute approximate surface area is 165 Å². The van der Waals surface area contributed by atoms with Gasteiger partial charge in [0.05, 0.1) is 11.9 Å². The number of benzene rings is 1. The molecule has 4 N–H and O–H groups in total. The Morgan fingerprint density at radius 1 is 1.29 bits per heavy atom. The number of nitrogen functional groups attached to an aromatic ring is 1. The van der Waals surface area contributed by atoms with Gasteiger partial charge in [-0.15, -0.1) is 0 Å². The number of nitrogens with one attached hydrogen (secondary N) is 2. The van der Waals surface area contributed by atoms with E-state index >= 15 is 0 Å². The molecular formula is C20H28N6O2. The van der Waals surface area contributed by atoms with Gasteiger partial charge in [-0.05, 0) is 46.2 Å². The average molecular weight is 384 g/mol. The molecule has 150 valence electrons. The number of nitrogens with two attached hydrogens (primary N) is 1. The van der Waals surface area contributed by atoms with Gasteiger partial charge in [-0.25, -0.2) is 9.78 Å². The first-order valence-electron chi connectivity index (χ1n) is 9.40. The molecule has 0 aliphatic carbocycles. The highest BCUT2D eigenvalue weighted by Crippen LogP contribution is 2.23. The fourth-order valence-corrected chi connectivity index (χ4v) is 2.89. The van der Waals surface area contributed by atoms with E-state index in [1.807, 2.05) is 52.0 Å². The number of hydrogen-bond donors (Lipinski definition) is 3. The van der Waals surface area contributed by atoms with E-state index < -0.39 is 5.60 Å². The van der Waals surface area contributed by atoms with Crippen LogP contribution in [0, 0.1) is 6.92 Å². The highest BCUT2D eigenvalue weighted by Gasteiger charge is 2.30. The minimum Gasteiger partial charge on any atom is -0.444 e. The van der Waals surface area contributed by atoms with Crippen LogP contribution in [0.25, 0.3) is 0 Å². The summed E-state index contributed by atoms with van der Waals surface area (Å²) >= 11 is 0. The van der Waals surface area contributed by atoms with Gasteiger partial charge in [-0.3, -0.25) is 0 Å². The highest BCUT2D eigenvalue weighted by atomic mass is 16.6. The molecule has 1 aromatic carbocycles. The third kappa shape index (κ3) is 5.25. The Hall–Kier alpha value is -3.03. The first-order chi connectivity index (χ1) is 13.2. The molecule has 0 radical (unpaired) electrons. The lowest BCUT2D eigenvalue weighted by atomic mass is 10.2. The van der Waals surface area contributed by atoms with Crippen molar-refractivity contribution in [3.63, 3.8) is 0 Å². The normalized spacial score (nSPS) is 16.7. The fraction of sp³-hybridized carbons (Fsp3) is 0.450. The van der Waals surface area contributed by atoms with Crippen LogP contribution in [0.3, 0.4) is 0 Å². The number of aryl methyl sites for hydroxylation is 1. The third-order valence-electron chi connectivity index (χ3n) is 4.30. The predicted molar refractivity (Wildman–Crippen MR) is 111 cm³/mol. The Morgan fingerprint density at radius 2 is 2.00 bits per heavy atom. The van der Waals surface area contributed by atoms with Crippen molar-refractivity contribution in [1.82, 2.24) is 14.9 Å². The van der Waals surface area contributed by atoms with Gasteiger partial charge in [0.25, 0.3) is 0 Å². The Bertz CT molecular complexity index is 832. The fourth-order valence-electron chi connectivity index (χ4n) is 2.89. The molecule has 8 nitrogen and oxygen atoms in total. The number of hydrogen-bond acceptors (Lipinski definition) is 7. The molecule has 1 saturated heterocycles. The topological polar surface area (TPSA) is 105 Å². The van der Waals surface area contributed by atoms with Gasteiger partial charge in [0.15, 0.2) is 5.82 Å². The molecule has 1 aliphatic heterocycles. The summed E-state index contributed by atoms with van der Waals surface area (Å²) in [6.45, 7) is 8.80. The van der Waals surface area contributed by atoms with Gasteiger partial charge in [0.1, 0.15) is 5.60 Å². The molecule has 1 fully saturated rings. The second-order valence-corrected chi connectivity index (χ2v) is 8.04. The zero-order chi connectivity index (χ0) is 20.3. The SMILES string of the molecule is Cc1ccc(Nc2nc(NC3CCN(C(=O)OC(C)(C)C)C3)ncc2N)cc1. The van der Waals surface area contributed by atoms with Crippen molar-refractivity contribution in [1.29, 1.82) is 0 Å². The lowest BCUT2D eigenvalue weighted by Gasteiger charge is -2.24. The summed E-state index contributed by atoms with van der Waals surface area (Å²) in [5.74, 6) is 1.02. The zero-order valence-corrected chi connectivity index (χ0v) is 16.8. The molecule has 1 atom stereocenters. The molecule has 1 aromatic heterocycles. The van der Waals surface area contributed by atoms with Crippen LogP contribution in [0.15, 0.2) is 30.5 Å². The molecule has 0 spiro atoms. The van der Waals surface area contributed by atoms with Crippen LogP contribution in [-0.4, -0.2) is 45.7 Å². The molecule has 28 heavy (non-hydrogen) atoms. The van der Waals surface area contributed by atoms with Gasteiger partial charge in [0, 0.05) is 24.8 Å². The summed E-state index contributed by atoms with van der Waals surface area (Å²) in [5, 5.41) is 6.50. The highest BCUT2D eigenvalue weighted by molar-refractivity contribution is 5.70. The van der Waals surface area contributed by atoms with Crippen LogP contribution < -0.4 is 16.4 Å². The Kier molecular flexibility index (Phi) is 5.58. The number of likely N-dealkylation sites (tertiary alicyclic amines) is 1. The van der Waals surface area contributed by atoms with E-state index in [1.54, 1.807) is 11.1 Å². The molecule has 0 saturated carbocycles. The largest absolute Gasteiger partial charge is 0.444 e. The van der Waals surface area contributed by atoms with E-state index in [0.29, 0.717) is 30.5 Å². The third-order valence-corrected chi connectivity index (χ3v) is 4.30. The van der Waals surface area contributed by atoms with Crippen LogP contribution in [0.1, 0.15) is 32.8 Å². The second-order valence-electron chi connectivity index (χ2n) is 8.04. The summed E-state index contributed by atoms with van der Waals surface area (Å²) in [6, 6.07) is 8.04. The predicted octanol–water partition coefficient (Wildman–Crippen LogP) is 3.53. The Balaban J connectivity index is 1.62. The van der Waals surface area contributed by atoms with Crippen LogP contribution in [0.4, 0.5) is 27.9 Å². The van der Waals surface area contributed by atoms with Crippen molar-refractivity contribution in [3.05, 3.63) is 36.0 Å². The van der Waals surface area contributed by atoms with Crippen molar-refractivity contribution in [2.75, 3.05) is 29.5 Å². The molecule has 3 rings (SSSR count). The molecular weight excluding hydrogens is 356 g/mol. The van der Waals surface area contributed by atoms with Crippen LogP contribution in [0.5, 0.6) is 0 Å². The molecule has 1 amide bonds. The number of aromatic nitrogens is 2. The van der Waals surface area contributed by atoms with Gasteiger partial charge in [-0.1, -0.05) is 17.7 Å². The number of rotatable bonds is 4. The standard InChI is InChI=1S/C20H28N6O2/c1-13-5-7-14(8-6-13)23-17-16(21)11-22-18(25-17)24-15-9-10-26(12-15)19(27)28-20(2,3)4/h5-8,11,15H,9-10,12,21H2,1-4H3,(H2,22,23,24,25). The average Bonchev–Trinajstić information content (AvgIpc) is 3.07. The first-order valence-corrected chi connectivity index (χ1v) is 9.40. The first kappa shape index (κ1) is 19.7. The minimum atomic E-state index is -0.501. The summed E-state index contributed by atoms with van der Waals surface area (Å²) in [4.78, 5) is 22.7. The molecule has 0 bridgehead atoms. The zero-order valence-electron chi connectivity index (χ0n) is 16.8. The molecule has 1 aliphatic rings. The van der Waals surface area contributed by atoms with E-state index in [2.05, 4.69) is 20.6 Å². The number of carbonyl (C=O) groups excluding carboxylic acids is 1. The van der Waals surface area contributed by atoms with Crippen molar-refractivity contribution >= 4 is 29.2 Å². The van der Waals surface area contributed by atoms with Crippen LogP contribution in [-0.2, 0) is 4.74 Å². The summed E-state index contributed by atoms with van der Waals surface area (Å²) < 4.78 is 5.43. The summed E-state index contributed by atoms with van der Waals surface area (Å²) in [5.41, 5.74) is 8.06. The van der Waals surface area contributed by atoms with Gasteiger partial charge in [0.2, 0.25) is 5.95 Å². The molecule has 1 unspecified atom stereocenters. The number of nitrogens with zero attached hydrogens (tertiary/aromatic N) is 3. The number of anilines is 4. The summed E-state index contributed by atoms with van der Waals surface area (Å²) in [6.07, 6.45) is 2.08. The molecule has 2 aromatic rings. The quantitative estimate of drug-likeness (QED) is 0.740. The minimum absolute atomic E-state index is 0.0587. The van der Waals surface area contributed by atoms with E-state index in [4.69, 9.17) is 10.5 Å². The van der Waals surface area contributed by atoms with Gasteiger partial charge < -0.3 is 26.0 Å². The molecule has 8 heteroatoms. The van der Waals surface area contributed by atoms with E-state index in [9.17, 15) is 4.79 Å². The maximum atomic E-state index is 12.2. The van der Waals surface area contributed by atoms with Crippen molar-refractivity contribution in [3.8, 4) is 0 Å². The van der Waals surface area contributed by atoms with Crippen molar-refractivity contribution < 1.29 is 9.53 Å². The number of amides is 1. The lowest BCUT2D eigenvalue weighted by molar-refractivity contribution is 0.0293. The number of carbonyl (C=O) groups is 1. The van der Waals surface area contributed by atoms with Gasteiger partial charge >= 0.3 is 6.09 Å². The van der Waals surface area contributed by atoms with Crippen molar-refractivity contribution in [2.45, 2.75) is 45.8 Å². The molecule has 2 heterocycles. The second kappa shape index (κ2) is 7.92. The van der Waals surface area contributed by atoms with Gasteiger partial charge in [-0.2, -0.15) is 4.98 Å². The van der Waals surface area contributed by atoms with Crippen molar-refractivity contribution in [2.24, 2.45) is 0 Å². The maximum Gasteiger partial charge on any atom is 0.410 e. The van der Waals surface area contributed by atoms with E-state index in [0.717, 1.165) is 12.1 Å². The maximum absolute atomic E-state index is 12.2. The van der Waals surface area contributed by atoms with Crippen LogP contribution >= 0.6 is 0 Å². The van der Waals surface area contributed by atoms with E-state index in [1.165, 1.54) is 5.56 Å². The smallest absolute Gasteiger partial charge is 0.410 e. The number of ether oxygens (including phenoxy) is 1. The van der Waals surface area contributed by atoms with Crippen LogP contribution in [0.2, 0.25) is 0 Å².